The lowest BCUT2D eigenvalue weighted by atomic mass is 10.1. The summed E-state index contributed by atoms with van der Waals surface area (Å²) in [5, 5.41) is 12.9. The predicted molar refractivity (Wildman–Crippen MR) is 105 cm³/mol. The summed E-state index contributed by atoms with van der Waals surface area (Å²) in [6.07, 6.45) is 0.526. The van der Waals surface area contributed by atoms with Crippen LogP contribution in [-0.4, -0.2) is 11.5 Å². The molecule has 0 fully saturated rings. The molecule has 0 aliphatic rings. The molecule has 0 aliphatic carbocycles. The number of hydrogen-bond acceptors (Lipinski definition) is 4. The topological polar surface area (TPSA) is 65.5 Å². The zero-order valence-corrected chi connectivity index (χ0v) is 14.6. The van der Waals surface area contributed by atoms with Gasteiger partial charge in [0.2, 0.25) is 0 Å². The minimum atomic E-state index is -0.396. The van der Waals surface area contributed by atoms with Crippen molar-refractivity contribution >= 4 is 27.6 Å². The van der Waals surface area contributed by atoms with Gasteiger partial charge < -0.3 is 9.15 Å². The largest absolute Gasteiger partial charge is 0.489 e. The molecule has 1 aromatic heterocycles. The third-order valence-corrected chi connectivity index (χ3v) is 4.37. The number of benzene rings is 3. The summed E-state index contributed by atoms with van der Waals surface area (Å²) in [6, 6.07) is 20.2. The zero-order chi connectivity index (χ0) is 18.8. The maximum absolute atomic E-state index is 10.9. The van der Waals surface area contributed by atoms with Gasteiger partial charge in [0.1, 0.15) is 23.5 Å². The molecule has 0 atom stereocenters. The van der Waals surface area contributed by atoms with Crippen LogP contribution in [-0.2, 0) is 6.42 Å². The van der Waals surface area contributed by atoms with Crippen LogP contribution in [0.4, 0.5) is 5.69 Å². The van der Waals surface area contributed by atoms with E-state index in [2.05, 4.69) is 6.58 Å². The molecule has 0 saturated carbocycles. The van der Waals surface area contributed by atoms with Gasteiger partial charge in [-0.3, -0.25) is 10.1 Å². The van der Waals surface area contributed by atoms with Crippen LogP contribution in [0.15, 0.2) is 83.3 Å². The number of fused-ring (bicyclic) bond motifs is 3. The van der Waals surface area contributed by atoms with E-state index in [-0.39, 0.29) is 5.69 Å². The fraction of sp³-hybridized carbons (Fsp3) is 0.0909. The van der Waals surface area contributed by atoms with E-state index < -0.39 is 4.92 Å². The highest BCUT2D eigenvalue weighted by Crippen LogP contribution is 2.31. The lowest BCUT2D eigenvalue weighted by Gasteiger charge is -2.09. The minimum absolute atomic E-state index is 0.0819. The number of hydrogen-bond donors (Lipinski definition) is 0. The normalized spacial score (nSPS) is 11.0. The summed E-state index contributed by atoms with van der Waals surface area (Å²) in [7, 11) is 0. The molecule has 1 heterocycles. The van der Waals surface area contributed by atoms with Gasteiger partial charge in [-0.15, -0.1) is 0 Å². The lowest BCUT2D eigenvalue weighted by Crippen LogP contribution is -2.03. The molecular weight excluding hydrogens is 342 g/mol. The summed E-state index contributed by atoms with van der Waals surface area (Å²) >= 11 is 0. The molecule has 0 bridgehead atoms. The number of nitro benzene ring substituents is 1. The van der Waals surface area contributed by atoms with E-state index in [9.17, 15) is 10.1 Å². The summed E-state index contributed by atoms with van der Waals surface area (Å²) < 4.78 is 11.7. The monoisotopic (exact) mass is 359 g/mol. The Labute approximate surface area is 155 Å². The van der Waals surface area contributed by atoms with Crippen molar-refractivity contribution in [1.82, 2.24) is 0 Å². The van der Waals surface area contributed by atoms with Crippen LogP contribution in [0.5, 0.6) is 5.75 Å². The van der Waals surface area contributed by atoms with Crippen molar-refractivity contribution in [3.63, 3.8) is 0 Å². The summed E-state index contributed by atoms with van der Waals surface area (Å²) in [6.45, 7) is 4.37. The molecule has 0 N–H and O–H groups in total. The highest BCUT2D eigenvalue weighted by atomic mass is 16.6. The van der Waals surface area contributed by atoms with Crippen LogP contribution in [0.2, 0.25) is 0 Å². The van der Waals surface area contributed by atoms with Gasteiger partial charge in [0, 0.05) is 22.9 Å². The standard InChI is InChI=1S/C22H17NO4/c1-15(11-16-5-4-6-17(12-16)23(24)25)14-26-18-9-10-22-20(13-18)19-7-2-3-8-21(19)27-22/h2-10,12-13H,1,11,14H2. The number of nitrogens with zero attached hydrogens (tertiary/aromatic N) is 1. The molecule has 5 nitrogen and oxygen atoms in total. The van der Waals surface area contributed by atoms with Crippen molar-refractivity contribution in [1.29, 1.82) is 0 Å². The SMILES string of the molecule is C=C(COc1ccc2oc3ccccc3c2c1)Cc1cccc([N+](=O)[O-])c1. The van der Waals surface area contributed by atoms with Crippen LogP contribution in [0.25, 0.3) is 21.9 Å². The highest BCUT2D eigenvalue weighted by molar-refractivity contribution is 6.05. The van der Waals surface area contributed by atoms with E-state index in [1.165, 1.54) is 6.07 Å². The van der Waals surface area contributed by atoms with Gasteiger partial charge in [0.25, 0.3) is 5.69 Å². The molecule has 0 spiro atoms. The molecule has 3 aromatic carbocycles. The zero-order valence-electron chi connectivity index (χ0n) is 14.6. The fourth-order valence-corrected chi connectivity index (χ4v) is 3.10. The molecular formula is C22H17NO4. The summed E-state index contributed by atoms with van der Waals surface area (Å²) in [4.78, 5) is 10.5. The van der Waals surface area contributed by atoms with Crippen LogP contribution in [0.3, 0.4) is 0 Å². The third-order valence-electron chi connectivity index (χ3n) is 4.37. The first-order chi connectivity index (χ1) is 13.1. The molecule has 4 aromatic rings. The van der Waals surface area contributed by atoms with Crippen molar-refractivity contribution in [2.45, 2.75) is 6.42 Å². The Bertz CT molecular complexity index is 1160. The van der Waals surface area contributed by atoms with Gasteiger partial charge in [0.15, 0.2) is 0 Å². The molecule has 0 saturated heterocycles. The Kier molecular flexibility index (Phi) is 4.34. The van der Waals surface area contributed by atoms with Gasteiger partial charge in [-0.25, -0.2) is 0 Å². The molecule has 0 amide bonds. The predicted octanol–water partition coefficient (Wildman–Crippen LogP) is 5.67. The van der Waals surface area contributed by atoms with Crippen molar-refractivity contribution in [2.75, 3.05) is 6.61 Å². The summed E-state index contributed by atoms with van der Waals surface area (Å²) in [5.41, 5.74) is 3.43. The number of rotatable bonds is 6. The molecule has 27 heavy (non-hydrogen) atoms. The van der Waals surface area contributed by atoms with E-state index >= 15 is 0 Å². The van der Waals surface area contributed by atoms with Crippen LogP contribution >= 0.6 is 0 Å². The second-order valence-electron chi connectivity index (χ2n) is 6.40. The fourth-order valence-electron chi connectivity index (χ4n) is 3.10. The smallest absolute Gasteiger partial charge is 0.269 e. The van der Waals surface area contributed by atoms with Crippen molar-refractivity contribution in [3.8, 4) is 5.75 Å². The second-order valence-corrected chi connectivity index (χ2v) is 6.40. The van der Waals surface area contributed by atoms with E-state index in [1.807, 2.05) is 48.5 Å². The van der Waals surface area contributed by atoms with Gasteiger partial charge in [0.05, 0.1) is 4.92 Å². The van der Waals surface area contributed by atoms with Gasteiger partial charge in [-0.2, -0.15) is 0 Å². The average Bonchev–Trinajstić information content (AvgIpc) is 3.04. The van der Waals surface area contributed by atoms with Gasteiger partial charge >= 0.3 is 0 Å². The highest BCUT2D eigenvalue weighted by Gasteiger charge is 2.09. The molecule has 0 aliphatic heterocycles. The minimum Gasteiger partial charge on any atom is -0.489 e. The average molecular weight is 359 g/mol. The Hall–Kier alpha value is -3.60. The third kappa shape index (κ3) is 3.53. The van der Waals surface area contributed by atoms with Crippen molar-refractivity contribution in [3.05, 3.63) is 94.6 Å². The number of furan rings is 1. The maximum atomic E-state index is 10.9. The van der Waals surface area contributed by atoms with Gasteiger partial charge in [-0.1, -0.05) is 36.9 Å². The molecule has 4 rings (SSSR count). The van der Waals surface area contributed by atoms with E-state index in [0.717, 1.165) is 38.8 Å². The first-order valence-corrected chi connectivity index (χ1v) is 8.54. The Morgan fingerprint density at radius 3 is 2.67 bits per heavy atom. The van der Waals surface area contributed by atoms with Crippen molar-refractivity contribution in [2.24, 2.45) is 0 Å². The number of ether oxygens (including phenoxy) is 1. The van der Waals surface area contributed by atoms with Crippen LogP contribution in [0.1, 0.15) is 5.56 Å². The number of non-ortho nitro benzene ring substituents is 1. The molecule has 0 radical (unpaired) electrons. The second kappa shape index (κ2) is 6.96. The lowest BCUT2D eigenvalue weighted by molar-refractivity contribution is -0.384. The van der Waals surface area contributed by atoms with Crippen LogP contribution < -0.4 is 4.74 Å². The molecule has 5 heteroatoms. The Morgan fingerprint density at radius 1 is 1.00 bits per heavy atom. The maximum Gasteiger partial charge on any atom is 0.269 e. The van der Waals surface area contributed by atoms with Crippen LogP contribution in [0, 0.1) is 10.1 Å². The summed E-state index contributed by atoms with van der Waals surface area (Å²) in [5.74, 6) is 0.731. The Balaban J connectivity index is 1.46. The quantitative estimate of drug-likeness (QED) is 0.253. The van der Waals surface area contributed by atoms with E-state index in [1.54, 1.807) is 12.1 Å². The Morgan fingerprint density at radius 2 is 1.81 bits per heavy atom. The molecule has 0 unspecified atom stereocenters. The number of para-hydroxylation sites is 1. The van der Waals surface area contributed by atoms with Gasteiger partial charge in [-0.05, 0) is 41.8 Å². The van der Waals surface area contributed by atoms with Crippen molar-refractivity contribution < 1.29 is 14.1 Å². The first kappa shape index (κ1) is 16.8. The number of nitro groups is 1. The molecule has 134 valence electrons. The van der Waals surface area contributed by atoms with E-state index in [0.29, 0.717) is 13.0 Å². The first-order valence-electron chi connectivity index (χ1n) is 8.54. The van der Waals surface area contributed by atoms with E-state index in [4.69, 9.17) is 9.15 Å².